The number of anilines is 1. The van der Waals surface area contributed by atoms with Gasteiger partial charge in [0.05, 0.1) is 6.04 Å². The van der Waals surface area contributed by atoms with E-state index in [1.807, 2.05) is 39.2 Å². The SMILES string of the molecule is CNCc1cc(Br)ccc1N(C)C(C)c1ccccc1F. The number of halogens is 2. The predicted molar refractivity (Wildman–Crippen MR) is 90.1 cm³/mol. The van der Waals surface area contributed by atoms with Crippen molar-refractivity contribution in [2.24, 2.45) is 0 Å². The highest BCUT2D eigenvalue weighted by molar-refractivity contribution is 9.10. The molecule has 0 radical (unpaired) electrons. The molecule has 1 unspecified atom stereocenters. The van der Waals surface area contributed by atoms with Crippen LogP contribution in [0.5, 0.6) is 0 Å². The van der Waals surface area contributed by atoms with Crippen LogP contribution in [0.25, 0.3) is 0 Å². The van der Waals surface area contributed by atoms with Gasteiger partial charge in [0.2, 0.25) is 0 Å². The maximum absolute atomic E-state index is 14.0. The molecule has 0 aliphatic rings. The average Bonchev–Trinajstić information content (AvgIpc) is 2.47. The van der Waals surface area contributed by atoms with E-state index in [4.69, 9.17) is 0 Å². The first-order valence-electron chi connectivity index (χ1n) is 6.95. The Labute approximate surface area is 134 Å². The van der Waals surface area contributed by atoms with Crippen LogP contribution in [0, 0.1) is 5.82 Å². The van der Waals surface area contributed by atoms with E-state index in [-0.39, 0.29) is 11.9 Å². The lowest BCUT2D eigenvalue weighted by atomic mass is 10.0. The van der Waals surface area contributed by atoms with Crippen molar-refractivity contribution in [1.82, 2.24) is 5.32 Å². The second kappa shape index (κ2) is 7.05. The molecule has 0 spiro atoms. The van der Waals surface area contributed by atoms with Crippen molar-refractivity contribution in [2.45, 2.75) is 19.5 Å². The van der Waals surface area contributed by atoms with Gasteiger partial charge in [-0.15, -0.1) is 0 Å². The Balaban J connectivity index is 2.35. The van der Waals surface area contributed by atoms with Crippen molar-refractivity contribution in [3.8, 4) is 0 Å². The molecule has 0 aliphatic carbocycles. The summed E-state index contributed by atoms with van der Waals surface area (Å²) in [6, 6.07) is 13.1. The zero-order valence-corrected chi connectivity index (χ0v) is 14.1. The molecule has 112 valence electrons. The molecule has 2 aromatic rings. The van der Waals surface area contributed by atoms with Crippen LogP contribution < -0.4 is 10.2 Å². The predicted octanol–water partition coefficient (Wildman–Crippen LogP) is 4.51. The van der Waals surface area contributed by atoms with Crippen molar-refractivity contribution in [2.75, 3.05) is 19.0 Å². The quantitative estimate of drug-likeness (QED) is 0.853. The van der Waals surface area contributed by atoms with Crippen LogP contribution in [-0.2, 0) is 6.54 Å². The Morgan fingerprint density at radius 2 is 1.95 bits per heavy atom. The molecule has 0 amide bonds. The van der Waals surface area contributed by atoms with Gasteiger partial charge in [-0.2, -0.15) is 0 Å². The summed E-state index contributed by atoms with van der Waals surface area (Å²) in [6.45, 7) is 2.78. The third-order valence-corrected chi connectivity index (χ3v) is 4.22. The Morgan fingerprint density at radius 3 is 2.62 bits per heavy atom. The minimum atomic E-state index is -0.163. The standard InChI is InChI=1S/C17H20BrFN2/c1-12(15-6-4-5-7-16(15)19)21(3)17-9-8-14(18)10-13(17)11-20-2/h4-10,12,20H,11H2,1-3H3. The first-order chi connectivity index (χ1) is 10.0. The number of nitrogens with one attached hydrogen (secondary N) is 1. The Kier molecular flexibility index (Phi) is 5.37. The van der Waals surface area contributed by atoms with Crippen LogP contribution in [0.15, 0.2) is 46.9 Å². The molecular formula is C17H20BrFN2. The molecule has 1 N–H and O–H groups in total. The van der Waals surface area contributed by atoms with Gasteiger partial charge in [0.25, 0.3) is 0 Å². The Hall–Kier alpha value is -1.39. The van der Waals surface area contributed by atoms with Gasteiger partial charge in [0.1, 0.15) is 5.82 Å². The van der Waals surface area contributed by atoms with Gasteiger partial charge in [0.15, 0.2) is 0 Å². The van der Waals surface area contributed by atoms with E-state index in [0.717, 1.165) is 16.7 Å². The molecule has 2 rings (SSSR count). The van der Waals surface area contributed by atoms with Gasteiger partial charge in [-0.3, -0.25) is 0 Å². The van der Waals surface area contributed by atoms with E-state index in [0.29, 0.717) is 5.56 Å². The zero-order valence-electron chi connectivity index (χ0n) is 12.5. The van der Waals surface area contributed by atoms with Crippen molar-refractivity contribution in [3.05, 3.63) is 63.9 Å². The lowest BCUT2D eigenvalue weighted by molar-refractivity contribution is 0.584. The third-order valence-electron chi connectivity index (χ3n) is 3.73. The average molecular weight is 351 g/mol. The van der Waals surface area contributed by atoms with Gasteiger partial charge < -0.3 is 10.2 Å². The summed E-state index contributed by atoms with van der Waals surface area (Å²) in [5.41, 5.74) is 2.99. The smallest absolute Gasteiger partial charge is 0.128 e. The molecule has 0 saturated carbocycles. The highest BCUT2D eigenvalue weighted by atomic mass is 79.9. The van der Waals surface area contributed by atoms with Gasteiger partial charge in [-0.25, -0.2) is 4.39 Å². The molecule has 1 atom stereocenters. The van der Waals surface area contributed by atoms with Gasteiger partial charge >= 0.3 is 0 Å². The van der Waals surface area contributed by atoms with Crippen molar-refractivity contribution >= 4 is 21.6 Å². The molecule has 0 aromatic heterocycles. The molecule has 4 heteroatoms. The number of hydrogen-bond donors (Lipinski definition) is 1. The van der Waals surface area contributed by atoms with E-state index in [2.05, 4.69) is 38.3 Å². The van der Waals surface area contributed by atoms with Crippen molar-refractivity contribution < 1.29 is 4.39 Å². The summed E-state index contributed by atoms with van der Waals surface area (Å²) in [5, 5.41) is 3.17. The molecule has 0 saturated heterocycles. The summed E-state index contributed by atoms with van der Waals surface area (Å²) >= 11 is 3.50. The van der Waals surface area contributed by atoms with Crippen LogP contribution in [-0.4, -0.2) is 14.1 Å². The molecular weight excluding hydrogens is 331 g/mol. The number of nitrogens with zero attached hydrogens (tertiary/aromatic N) is 1. The molecule has 2 aromatic carbocycles. The van der Waals surface area contributed by atoms with E-state index in [9.17, 15) is 4.39 Å². The fourth-order valence-corrected chi connectivity index (χ4v) is 2.87. The number of benzene rings is 2. The molecule has 21 heavy (non-hydrogen) atoms. The lowest BCUT2D eigenvalue weighted by Gasteiger charge is -2.30. The normalized spacial score (nSPS) is 12.2. The summed E-state index contributed by atoms with van der Waals surface area (Å²) < 4.78 is 15.0. The van der Waals surface area contributed by atoms with Crippen molar-refractivity contribution in [3.63, 3.8) is 0 Å². The zero-order chi connectivity index (χ0) is 15.4. The van der Waals surface area contributed by atoms with Crippen LogP contribution in [0.4, 0.5) is 10.1 Å². The van der Waals surface area contributed by atoms with E-state index < -0.39 is 0 Å². The highest BCUT2D eigenvalue weighted by Gasteiger charge is 2.18. The monoisotopic (exact) mass is 350 g/mol. The lowest BCUT2D eigenvalue weighted by Crippen LogP contribution is -2.24. The first kappa shape index (κ1) is 16.0. The van der Waals surface area contributed by atoms with E-state index in [1.165, 1.54) is 11.6 Å². The summed E-state index contributed by atoms with van der Waals surface area (Å²) in [4.78, 5) is 2.11. The van der Waals surface area contributed by atoms with E-state index >= 15 is 0 Å². The maximum Gasteiger partial charge on any atom is 0.128 e. The largest absolute Gasteiger partial charge is 0.367 e. The maximum atomic E-state index is 14.0. The van der Waals surface area contributed by atoms with Crippen molar-refractivity contribution in [1.29, 1.82) is 0 Å². The minimum absolute atomic E-state index is 0.0389. The first-order valence-corrected chi connectivity index (χ1v) is 7.74. The van der Waals surface area contributed by atoms with Crippen LogP contribution in [0.1, 0.15) is 24.1 Å². The Bertz CT molecular complexity index is 615. The molecule has 0 bridgehead atoms. The summed E-state index contributed by atoms with van der Waals surface area (Å²) in [7, 11) is 3.92. The molecule has 0 heterocycles. The fraction of sp³-hybridized carbons (Fsp3) is 0.294. The van der Waals surface area contributed by atoms with Crippen LogP contribution in [0.2, 0.25) is 0 Å². The van der Waals surface area contributed by atoms with Crippen LogP contribution >= 0.6 is 15.9 Å². The second-order valence-corrected chi connectivity index (χ2v) is 6.03. The highest BCUT2D eigenvalue weighted by Crippen LogP contribution is 2.31. The van der Waals surface area contributed by atoms with E-state index in [1.54, 1.807) is 6.07 Å². The van der Waals surface area contributed by atoms with Crippen LogP contribution in [0.3, 0.4) is 0 Å². The third kappa shape index (κ3) is 3.63. The molecule has 0 fully saturated rings. The van der Waals surface area contributed by atoms with Gasteiger partial charge in [0, 0.05) is 29.3 Å². The molecule has 0 aliphatic heterocycles. The molecule has 2 nitrogen and oxygen atoms in total. The summed E-state index contributed by atoms with van der Waals surface area (Å²) in [5.74, 6) is -0.163. The minimum Gasteiger partial charge on any atom is -0.367 e. The second-order valence-electron chi connectivity index (χ2n) is 5.11. The fourth-order valence-electron chi connectivity index (χ4n) is 2.46. The summed E-state index contributed by atoms with van der Waals surface area (Å²) in [6.07, 6.45) is 0. The Morgan fingerprint density at radius 1 is 1.24 bits per heavy atom. The van der Waals surface area contributed by atoms with Gasteiger partial charge in [-0.05, 0) is 43.8 Å². The number of rotatable bonds is 5. The topological polar surface area (TPSA) is 15.3 Å². The van der Waals surface area contributed by atoms with Gasteiger partial charge in [-0.1, -0.05) is 34.1 Å². The number of hydrogen-bond acceptors (Lipinski definition) is 2.